The van der Waals surface area contributed by atoms with Gasteiger partial charge in [-0.2, -0.15) is 0 Å². The smallest absolute Gasteiger partial charge is 0.411 e. The van der Waals surface area contributed by atoms with Crippen molar-refractivity contribution in [3.8, 4) is 0 Å². The summed E-state index contributed by atoms with van der Waals surface area (Å²) in [7, 11) is 0. The van der Waals surface area contributed by atoms with Crippen molar-refractivity contribution in [3.63, 3.8) is 0 Å². The van der Waals surface area contributed by atoms with Crippen molar-refractivity contribution in [1.29, 1.82) is 0 Å². The van der Waals surface area contributed by atoms with E-state index in [9.17, 15) is 4.79 Å². The summed E-state index contributed by atoms with van der Waals surface area (Å²) in [6.07, 6.45) is 2.14. The van der Waals surface area contributed by atoms with E-state index in [0.29, 0.717) is 31.3 Å². The molecule has 1 amide bonds. The van der Waals surface area contributed by atoms with E-state index in [4.69, 9.17) is 27.9 Å². The number of unbranched alkanes of at least 4 members (excludes halogenated alkanes) is 1. The average Bonchev–Trinajstić information content (AvgIpc) is 2.22. The maximum absolute atomic E-state index is 11.7. The van der Waals surface area contributed by atoms with Gasteiger partial charge in [0.2, 0.25) is 0 Å². The van der Waals surface area contributed by atoms with Gasteiger partial charge in [0.25, 0.3) is 0 Å². The van der Waals surface area contributed by atoms with E-state index in [1.807, 2.05) is 20.8 Å². The Labute approximate surface area is 114 Å². The first kappa shape index (κ1) is 16.9. The molecule has 0 fully saturated rings. The van der Waals surface area contributed by atoms with Gasteiger partial charge in [-0.15, -0.1) is 11.6 Å². The van der Waals surface area contributed by atoms with Gasteiger partial charge in [0.05, 0.1) is 0 Å². The predicted molar refractivity (Wildman–Crippen MR) is 72.8 cm³/mol. The summed E-state index contributed by atoms with van der Waals surface area (Å²) in [4.78, 5) is 13.4. The Kier molecular flexibility index (Phi) is 9.75. The third kappa shape index (κ3) is 8.56. The van der Waals surface area contributed by atoms with Crippen LogP contribution in [0.2, 0.25) is 0 Å². The normalized spacial score (nSPS) is 12.6. The Morgan fingerprint density at radius 3 is 2.47 bits per heavy atom. The first-order valence-electron chi connectivity index (χ1n) is 6.16. The van der Waals surface area contributed by atoms with Gasteiger partial charge in [-0.1, -0.05) is 25.4 Å². The molecule has 102 valence electrons. The summed E-state index contributed by atoms with van der Waals surface area (Å²) in [6.45, 7) is 7.32. The predicted octanol–water partition coefficient (Wildman–Crippen LogP) is 4.07. The molecule has 0 aromatic heterocycles. The Bertz CT molecular complexity index is 213. The lowest BCUT2D eigenvalue weighted by Crippen LogP contribution is -2.34. The Hall–Kier alpha value is -0.150. The number of carbonyl (C=O) groups excluding carboxylic acids is 1. The zero-order valence-corrected chi connectivity index (χ0v) is 12.4. The van der Waals surface area contributed by atoms with Crippen molar-refractivity contribution in [2.24, 2.45) is 5.92 Å². The van der Waals surface area contributed by atoms with Gasteiger partial charge in [-0.25, -0.2) is 4.79 Å². The van der Waals surface area contributed by atoms with E-state index >= 15 is 0 Å². The molecule has 0 saturated carbocycles. The minimum Gasteiger partial charge on any atom is -0.430 e. The number of hydrogen-bond acceptors (Lipinski definition) is 2. The van der Waals surface area contributed by atoms with Crippen LogP contribution in [0.4, 0.5) is 4.79 Å². The average molecular weight is 284 g/mol. The van der Waals surface area contributed by atoms with Crippen molar-refractivity contribution in [2.75, 3.05) is 19.0 Å². The number of alkyl halides is 2. The maximum atomic E-state index is 11.7. The van der Waals surface area contributed by atoms with Crippen molar-refractivity contribution in [2.45, 2.75) is 45.6 Å². The highest BCUT2D eigenvalue weighted by Gasteiger charge is 2.17. The maximum Gasteiger partial charge on any atom is 0.411 e. The number of rotatable bonds is 8. The van der Waals surface area contributed by atoms with Crippen molar-refractivity contribution >= 4 is 29.3 Å². The number of amides is 1. The summed E-state index contributed by atoms with van der Waals surface area (Å²) in [5.41, 5.74) is -0.537. The van der Waals surface area contributed by atoms with Crippen LogP contribution in [-0.2, 0) is 4.74 Å². The summed E-state index contributed by atoms with van der Waals surface area (Å²) < 4.78 is 5.16. The lowest BCUT2D eigenvalue weighted by atomic mass is 10.1. The molecule has 0 spiro atoms. The van der Waals surface area contributed by atoms with E-state index in [-0.39, 0.29) is 6.09 Å². The number of hydrogen-bond donors (Lipinski definition) is 0. The minimum absolute atomic E-state index is 0.331. The second kappa shape index (κ2) is 9.84. The first-order chi connectivity index (χ1) is 8.01. The fourth-order valence-corrected chi connectivity index (χ4v) is 2.00. The van der Waals surface area contributed by atoms with Crippen LogP contribution in [0.15, 0.2) is 0 Å². The molecule has 0 bridgehead atoms. The number of nitrogens with zero attached hydrogens (tertiary/aromatic N) is 1. The summed E-state index contributed by atoms with van der Waals surface area (Å²) in [5, 5.41) is 0. The molecule has 5 heteroatoms. The van der Waals surface area contributed by atoms with Gasteiger partial charge in [0.1, 0.15) is 0 Å². The van der Waals surface area contributed by atoms with Crippen LogP contribution in [0.5, 0.6) is 0 Å². The lowest BCUT2D eigenvalue weighted by molar-refractivity contribution is 0.0855. The third-order valence-corrected chi connectivity index (χ3v) is 2.87. The molecule has 0 aliphatic carbocycles. The molecular formula is C12H23Cl2NO2. The van der Waals surface area contributed by atoms with Crippen LogP contribution in [-0.4, -0.2) is 35.5 Å². The number of carbonyl (C=O) groups is 1. The fraction of sp³-hybridized carbons (Fsp3) is 0.917. The van der Waals surface area contributed by atoms with Gasteiger partial charge in [-0.05, 0) is 25.7 Å². The number of halogens is 2. The van der Waals surface area contributed by atoms with E-state index < -0.39 is 5.56 Å². The lowest BCUT2D eigenvalue weighted by Gasteiger charge is -2.22. The van der Waals surface area contributed by atoms with Gasteiger partial charge in [0, 0.05) is 25.4 Å². The SMILES string of the molecule is CCN(CCCCCl)C(=O)OC(Cl)CC(C)C. The molecule has 0 N–H and O–H groups in total. The molecule has 0 rings (SSSR count). The van der Waals surface area contributed by atoms with Crippen molar-refractivity contribution in [3.05, 3.63) is 0 Å². The van der Waals surface area contributed by atoms with Gasteiger partial charge >= 0.3 is 6.09 Å². The Balaban J connectivity index is 3.98. The highest BCUT2D eigenvalue weighted by atomic mass is 35.5. The summed E-state index contributed by atoms with van der Waals surface area (Å²) in [5.74, 6) is 1.04. The van der Waals surface area contributed by atoms with Gasteiger partial charge in [-0.3, -0.25) is 0 Å². The molecule has 0 aliphatic rings. The molecule has 0 aliphatic heterocycles. The van der Waals surface area contributed by atoms with Crippen LogP contribution < -0.4 is 0 Å². The molecule has 3 nitrogen and oxygen atoms in total. The highest BCUT2D eigenvalue weighted by molar-refractivity contribution is 6.20. The molecule has 1 unspecified atom stereocenters. The zero-order valence-electron chi connectivity index (χ0n) is 10.9. The van der Waals surface area contributed by atoms with Crippen molar-refractivity contribution in [1.82, 2.24) is 4.90 Å². The molecular weight excluding hydrogens is 261 g/mol. The topological polar surface area (TPSA) is 29.5 Å². The molecule has 17 heavy (non-hydrogen) atoms. The van der Waals surface area contributed by atoms with Gasteiger partial charge in [0.15, 0.2) is 5.56 Å². The Morgan fingerprint density at radius 2 is 2.00 bits per heavy atom. The van der Waals surface area contributed by atoms with Crippen LogP contribution in [0.3, 0.4) is 0 Å². The van der Waals surface area contributed by atoms with Crippen LogP contribution in [0.25, 0.3) is 0 Å². The van der Waals surface area contributed by atoms with Crippen LogP contribution in [0.1, 0.15) is 40.0 Å². The molecule has 0 aromatic rings. The second-order valence-corrected chi connectivity index (χ2v) is 5.26. The second-order valence-electron chi connectivity index (χ2n) is 4.40. The van der Waals surface area contributed by atoms with Gasteiger partial charge < -0.3 is 9.64 Å². The monoisotopic (exact) mass is 283 g/mol. The molecule has 0 saturated heterocycles. The summed E-state index contributed by atoms with van der Waals surface area (Å²) >= 11 is 11.5. The van der Waals surface area contributed by atoms with Crippen LogP contribution in [0, 0.1) is 5.92 Å². The summed E-state index contributed by atoms with van der Waals surface area (Å²) in [6, 6.07) is 0. The van der Waals surface area contributed by atoms with Crippen molar-refractivity contribution < 1.29 is 9.53 Å². The third-order valence-electron chi connectivity index (χ3n) is 2.34. The first-order valence-corrected chi connectivity index (χ1v) is 7.13. The largest absolute Gasteiger partial charge is 0.430 e. The molecule has 0 heterocycles. The van der Waals surface area contributed by atoms with Crippen LogP contribution >= 0.6 is 23.2 Å². The zero-order chi connectivity index (χ0) is 13.3. The molecule has 0 radical (unpaired) electrons. The number of ether oxygens (including phenoxy) is 1. The van der Waals surface area contributed by atoms with E-state index in [0.717, 1.165) is 12.8 Å². The fourth-order valence-electron chi connectivity index (χ4n) is 1.38. The molecule has 1 atom stereocenters. The quantitative estimate of drug-likeness (QED) is 0.496. The van der Waals surface area contributed by atoms with E-state index in [1.165, 1.54) is 0 Å². The highest BCUT2D eigenvalue weighted by Crippen LogP contribution is 2.13. The van der Waals surface area contributed by atoms with E-state index in [1.54, 1.807) is 4.90 Å². The Morgan fingerprint density at radius 1 is 1.35 bits per heavy atom. The standard InChI is InChI=1S/C12H23Cl2NO2/c1-4-15(8-6-5-7-13)12(16)17-11(14)9-10(2)3/h10-11H,4-9H2,1-3H3. The van der Waals surface area contributed by atoms with E-state index in [2.05, 4.69) is 0 Å². The molecule has 0 aromatic carbocycles. The minimum atomic E-state index is -0.537.